The van der Waals surface area contributed by atoms with Crippen molar-refractivity contribution in [2.75, 3.05) is 19.0 Å². The van der Waals surface area contributed by atoms with Gasteiger partial charge in [0.25, 0.3) is 0 Å². The molecule has 2 rings (SSSR count). The maximum absolute atomic E-state index is 12.5. The number of anilines is 1. The predicted octanol–water partition coefficient (Wildman–Crippen LogP) is 4.09. The topological polar surface area (TPSA) is 70.4 Å². The molecule has 0 saturated heterocycles. The normalized spacial score (nSPS) is 12.1. The highest BCUT2D eigenvalue weighted by atomic mass is 16.5. The van der Waals surface area contributed by atoms with E-state index >= 15 is 0 Å². The second-order valence-electron chi connectivity index (χ2n) is 6.87. The van der Waals surface area contributed by atoms with Gasteiger partial charge in [0.2, 0.25) is 5.78 Å². The number of hydrogen-bond acceptors (Lipinski definition) is 5. The number of aryl methyl sites for hydroxylation is 2. The second-order valence-corrected chi connectivity index (χ2v) is 6.87. The fourth-order valence-electron chi connectivity index (χ4n) is 2.58. The van der Waals surface area contributed by atoms with Gasteiger partial charge in [-0.25, -0.2) is 4.79 Å². The molecule has 0 aliphatic carbocycles. The number of nitrogens with zero attached hydrogens (tertiary/aromatic N) is 2. The molecular formula is C23H24N2O3. The van der Waals surface area contributed by atoms with Gasteiger partial charge in [0.1, 0.15) is 11.6 Å². The van der Waals surface area contributed by atoms with Crippen molar-refractivity contribution >= 4 is 23.5 Å². The Hall–Kier alpha value is -3.39. The zero-order valence-corrected chi connectivity index (χ0v) is 16.8. The Balaban J connectivity index is 2.13. The third-order valence-electron chi connectivity index (χ3n) is 4.51. The van der Waals surface area contributed by atoms with Crippen LogP contribution in [0.1, 0.15) is 34.0 Å². The Labute approximate surface area is 165 Å². The van der Waals surface area contributed by atoms with Crippen LogP contribution in [0.5, 0.6) is 0 Å². The Morgan fingerprint density at radius 2 is 1.71 bits per heavy atom. The standard InChI is InChI=1S/C23H24N2O3/c1-15-6-9-19(12-16(15)2)22(26)17(3)28-23(27)20(14-24)13-18-7-10-21(11-8-18)25(4)5/h6-13,17H,1-5H3/b20-13+/t17-/m1/s1. The number of ketones is 1. The lowest BCUT2D eigenvalue weighted by Gasteiger charge is -2.13. The second kappa shape index (κ2) is 9.01. The molecule has 0 fully saturated rings. The van der Waals surface area contributed by atoms with Crippen LogP contribution in [0.15, 0.2) is 48.0 Å². The zero-order valence-electron chi connectivity index (χ0n) is 16.8. The number of carbonyl (C=O) groups is 2. The third-order valence-corrected chi connectivity index (χ3v) is 4.51. The number of nitriles is 1. The average molecular weight is 376 g/mol. The van der Waals surface area contributed by atoms with Crippen molar-refractivity contribution in [2.45, 2.75) is 26.9 Å². The number of hydrogen-bond donors (Lipinski definition) is 0. The lowest BCUT2D eigenvalue weighted by Crippen LogP contribution is -2.25. The van der Waals surface area contributed by atoms with Crippen LogP contribution in [0, 0.1) is 25.2 Å². The molecule has 0 aliphatic heterocycles. The molecule has 0 heterocycles. The maximum atomic E-state index is 12.5. The summed E-state index contributed by atoms with van der Waals surface area (Å²) in [6, 6.07) is 14.6. The molecule has 0 bridgehead atoms. The molecule has 0 saturated carbocycles. The Morgan fingerprint density at radius 1 is 1.07 bits per heavy atom. The highest BCUT2D eigenvalue weighted by Gasteiger charge is 2.22. The number of rotatable bonds is 6. The lowest BCUT2D eigenvalue weighted by atomic mass is 10.0. The fraction of sp³-hybridized carbons (Fsp3) is 0.261. The first-order chi connectivity index (χ1) is 13.2. The quantitative estimate of drug-likeness (QED) is 0.329. The first kappa shape index (κ1) is 20.9. The van der Waals surface area contributed by atoms with Gasteiger partial charge in [-0.05, 0) is 61.7 Å². The molecule has 0 aliphatic rings. The van der Waals surface area contributed by atoms with E-state index in [-0.39, 0.29) is 11.4 Å². The molecule has 2 aromatic carbocycles. The monoisotopic (exact) mass is 376 g/mol. The van der Waals surface area contributed by atoms with Crippen molar-refractivity contribution in [3.63, 3.8) is 0 Å². The van der Waals surface area contributed by atoms with Crippen LogP contribution in [-0.2, 0) is 9.53 Å². The summed E-state index contributed by atoms with van der Waals surface area (Å²) in [7, 11) is 3.85. The zero-order chi connectivity index (χ0) is 20.8. The van der Waals surface area contributed by atoms with E-state index in [1.54, 1.807) is 12.1 Å². The molecule has 5 heteroatoms. The van der Waals surface area contributed by atoms with Gasteiger partial charge in [-0.1, -0.05) is 24.3 Å². The van der Waals surface area contributed by atoms with Gasteiger partial charge in [-0.3, -0.25) is 4.79 Å². The van der Waals surface area contributed by atoms with Crippen molar-refractivity contribution in [2.24, 2.45) is 0 Å². The summed E-state index contributed by atoms with van der Waals surface area (Å²) in [6.07, 6.45) is 0.470. The van der Waals surface area contributed by atoms with E-state index in [2.05, 4.69) is 0 Å². The van der Waals surface area contributed by atoms with Crippen LogP contribution >= 0.6 is 0 Å². The third kappa shape index (κ3) is 5.08. The van der Waals surface area contributed by atoms with Gasteiger partial charge >= 0.3 is 5.97 Å². The van der Waals surface area contributed by atoms with E-state index in [0.717, 1.165) is 16.8 Å². The summed E-state index contributed by atoms with van der Waals surface area (Å²) in [5, 5.41) is 9.32. The Morgan fingerprint density at radius 3 is 2.25 bits per heavy atom. The van der Waals surface area contributed by atoms with E-state index in [9.17, 15) is 14.9 Å². The molecule has 5 nitrogen and oxygen atoms in total. The SMILES string of the molecule is Cc1ccc(C(=O)[C@@H](C)OC(=O)/C(C#N)=C/c2ccc(N(C)C)cc2)cc1C. The van der Waals surface area contributed by atoms with Crippen LogP contribution in [-0.4, -0.2) is 32.0 Å². The molecule has 2 aromatic rings. The first-order valence-electron chi connectivity index (χ1n) is 8.94. The molecule has 0 amide bonds. The molecular weight excluding hydrogens is 352 g/mol. The number of carbonyl (C=O) groups excluding carboxylic acids is 2. The molecule has 0 spiro atoms. The van der Waals surface area contributed by atoms with Crippen molar-refractivity contribution in [1.29, 1.82) is 5.26 Å². The molecule has 0 aromatic heterocycles. The average Bonchev–Trinajstić information content (AvgIpc) is 2.67. The summed E-state index contributed by atoms with van der Waals surface area (Å²) in [5.41, 5.74) is 4.10. The smallest absolute Gasteiger partial charge is 0.349 e. The van der Waals surface area contributed by atoms with E-state index in [0.29, 0.717) is 11.1 Å². The molecule has 144 valence electrons. The molecule has 0 unspecified atom stereocenters. The van der Waals surface area contributed by atoms with Crippen LogP contribution < -0.4 is 4.90 Å². The summed E-state index contributed by atoms with van der Waals surface area (Å²) >= 11 is 0. The van der Waals surface area contributed by atoms with Gasteiger partial charge in [0.05, 0.1) is 0 Å². The number of benzene rings is 2. The number of ether oxygens (including phenoxy) is 1. The van der Waals surface area contributed by atoms with Crippen LogP contribution in [0.3, 0.4) is 0 Å². The van der Waals surface area contributed by atoms with Crippen molar-refractivity contribution < 1.29 is 14.3 Å². The molecule has 0 radical (unpaired) electrons. The van der Waals surface area contributed by atoms with Crippen molar-refractivity contribution in [3.05, 3.63) is 70.3 Å². The highest BCUT2D eigenvalue weighted by molar-refractivity contribution is 6.03. The fourth-order valence-corrected chi connectivity index (χ4v) is 2.58. The largest absolute Gasteiger partial charge is 0.450 e. The number of esters is 1. The van der Waals surface area contributed by atoms with Gasteiger partial charge in [-0.2, -0.15) is 5.26 Å². The van der Waals surface area contributed by atoms with Gasteiger partial charge in [-0.15, -0.1) is 0 Å². The van der Waals surface area contributed by atoms with Crippen LogP contribution in [0.2, 0.25) is 0 Å². The highest BCUT2D eigenvalue weighted by Crippen LogP contribution is 2.17. The number of Topliss-reactive ketones (excluding diaryl/α,β-unsaturated/α-hetero) is 1. The minimum Gasteiger partial charge on any atom is -0.450 e. The maximum Gasteiger partial charge on any atom is 0.349 e. The van der Waals surface area contributed by atoms with E-state index in [1.807, 2.05) is 69.2 Å². The summed E-state index contributed by atoms with van der Waals surface area (Å²) in [4.78, 5) is 26.8. The van der Waals surface area contributed by atoms with E-state index < -0.39 is 12.1 Å². The van der Waals surface area contributed by atoms with Crippen molar-refractivity contribution in [1.82, 2.24) is 0 Å². The Bertz CT molecular complexity index is 951. The van der Waals surface area contributed by atoms with Gasteiger partial charge < -0.3 is 9.64 Å². The molecule has 28 heavy (non-hydrogen) atoms. The lowest BCUT2D eigenvalue weighted by molar-refractivity contribution is -0.141. The summed E-state index contributed by atoms with van der Waals surface area (Å²) < 4.78 is 5.24. The molecule has 0 N–H and O–H groups in total. The van der Waals surface area contributed by atoms with Gasteiger partial charge in [0.15, 0.2) is 6.10 Å². The van der Waals surface area contributed by atoms with Crippen LogP contribution in [0.4, 0.5) is 5.69 Å². The molecule has 1 atom stereocenters. The Kier molecular flexibility index (Phi) is 6.73. The minimum atomic E-state index is -0.984. The minimum absolute atomic E-state index is 0.155. The van der Waals surface area contributed by atoms with Crippen LogP contribution in [0.25, 0.3) is 6.08 Å². The van der Waals surface area contributed by atoms with E-state index in [4.69, 9.17) is 4.74 Å². The summed E-state index contributed by atoms with van der Waals surface area (Å²) in [6.45, 7) is 5.39. The summed E-state index contributed by atoms with van der Waals surface area (Å²) in [5.74, 6) is -1.12. The first-order valence-corrected chi connectivity index (χ1v) is 8.94. The van der Waals surface area contributed by atoms with Crippen molar-refractivity contribution in [3.8, 4) is 6.07 Å². The van der Waals surface area contributed by atoms with E-state index in [1.165, 1.54) is 13.0 Å². The van der Waals surface area contributed by atoms with Gasteiger partial charge in [0, 0.05) is 25.3 Å². The predicted molar refractivity (Wildman–Crippen MR) is 110 cm³/mol.